The van der Waals surface area contributed by atoms with Gasteiger partial charge in [-0.2, -0.15) is 0 Å². The van der Waals surface area contributed by atoms with E-state index in [1.54, 1.807) is 0 Å². The summed E-state index contributed by atoms with van der Waals surface area (Å²) in [6.07, 6.45) is 4.58. The summed E-state index contributed by atoms with van der Waals surface area (Å²) in [5.74, 6) is 1.15. The van der Waals surface area contributed by atoms with Crippen molar-refractivity contribution in [2.24, 2.45) is 5.92 Å². The number of carbonyl (C=O) groups is 1. The lowest BCUT2D eigenvalue weighted by Crippen LogP contribution is -2.24. The average molecular weight is 259 g/mol. The first kappa shape index (κ1) is 14.3. The van der Waals surface area contributed by atoms with Crippen molar-refractivity contribution in [3.05, 3.63) is 35.4 Å². The van der Waals surface area contributed by atoms with Crippen molar-refractivity contribution >= 4 is 5.78 Å². The zero-order valence-corrected chi connectivity index (χ0v) is 12.2. The summed E-state index contributed by atoms with van der Waals surface area (Å²) in [4.78, 5) is 14.7. The normalized spacial score (nSPS) is 19.8. The maximum absolute atomic E-state index is 12.2. The highest BCUT2D eigenvalue weighted by Gasteiger charge is 2.22. The van der Waals surface area contributed by atoms with Gasteiger partial charge in [0.2, 0.25) is 0 Å². The van der Waals surface area contributed by atoms with E-state index < -0.39 is 0 Å². The van der Waals surface area contributed by atoms with E-state index in [2.05, 4.69) is 11.8 Å². The van der Waals surface area contributed by atoms with E-state index in [1.807, 2.05) is 31.2 Å². The summed E-state index contributed by atoms with van der Waals surface area (Å²) in [6.45, 7) is 7.55. The van der Waals surface area contributed by atoms with Gasteiger partial charge in [0.1, 0.15) is 0 Å². The smallest absolute Gasteiger partial charge is 0.164 e. The minimum Gasteiger partial charge on any atom is -0.303 e. The Morgan fingerprint density at radius 1 is 1.37 bits per heavy atom. The zero-order chi connectivity index (χ0) is 13.7. The van der Waals surface area contributed by atoms with Crippen LogP contribution < -0.4 is 0 Å². The van der Waals surface area contributed by atoms with Crippen LogP contribution in [0.4, 0.5) is 0 Å². The number of hydrogen-bond donors (Lipinski definition) is 0. The van der Waals surface area contributed by atoms with Crippen molar-refractivity contribution < 1.29 is 4.79 Å². The number of likely N-dealkylation sites (tertiary alicyclic amines) is 1. The van der Waals surface area contributed by atoms with Gasteiger partial charge in [-0.05, 0) is 37.8 Å². The molecule has 0 radical (unpaired) electrons. The van der Waals surface area contributed by atoms with Gasteiger partial charge in [-0.15, -0.1) is 0 Å². The number of hydrogen-bond acceptors (Lipinski definition) is 2. The van der Waals surface area contributed by atoms with E-state index in [1.165, 1.54) is 32.4 Å². The number of ketones is 1. The summed E-state index contributed by atoms with van der Waals surface area (Å²) in [7, 11) is 0. The number of benzene rings is 1. The highest BCUT2D eigenvalue weighted by Crippen LogP contribution is 2.21. The van der Waals surface area contributed by atoms with Crippen LogP contribution in [0.25, 0.3) is 0 Å². The SMILES string of the molecule is CCCC1CCN(CCC(=O)c2ccccc2C)C1. The number of aryl methyl sites for hydroxylation is 1. The van der Waals surface area contributed by atoms with Crippen LogP contribution >= 0.6 is 0 Å². The van der Waals surface area contributed by atoms with Crippen molar-refractivity contribution in [2.75, 3.05) is 19.6 Å². The lowest BCUT2D eigenvalue weighted by molar-refractivity contribution is 0.0967. The Bertz CT molecular complexity index is 427. The molecule has 19 heavy (non-hydrogen) atoms. The van der Waals surface area contributed by atoms with Crippen LogP contribution in [0.1, 0.15) is 48.5 Å². The van der Waals surface area contributed by atoms with Crippen LogP contribution in [-0.4, -0.2) is 30.3 Å². The second kappa shape index (κ2) is 6.85. The molecule has 0 N–H and O–H groups in total. The molecule has 104 valence electrons. The average Bonchev–Trinajstić information content (AvgIpc) is 2.85. The van der Waals surface area contributed by atoms with E-state index in [9.17, 15) is 4.79 Å². The molecule has 2 rings (SSSR count). The Hall–Kier alpha value is -1.15. The van der Waals surface area contributed by atoms with Crippen molar-refractivity contribution in [1.29, 1.82) is 0 Å². The van der Waals surface area contributed by atoms with Crippen molar-refractivity contribution in [3.63, 3.8) is 0 Å². The number of nitrogens with zero attached hydrogens (tertiary/aromatic N) is 1. The van der Waals surface area contributed by atoms with Crippen molar-refractivity contribution in [3.8, 4) is 0 Å². The quantitative estimate of drug-likeness (QED) is 0.726. The van der Waals surface area contributed by atoms with E-state index in [0.29, 0.717) is 6.42 Å². The van der Waals surface area contributed by atoms with Gasteiger partial charge in [0.25, 0.3) is 0 Å². The second-order valence-electron chi connectivity index (χ2n) is 5.73. The molecule has 1 heterocycles. The van der Waals surface area contributed by atoms with Crippen LogP contribution in [-0.2, 0) is 0 Å². The van der Waals surface area contributed by atoms with Gasteiger partial charge in [0.15, 0.2) is 5.78 Å². The molecule has 1 fully saturated rings. The first-order valence-corrected chi connectivity index (χ1v) is 7.52. The monoisotopic (exact) mass is 259 g/mol. The van der Waals surface area contributed by atoms with Gasteiger partial charge in [0.05, 0.1) is 0 Å². The third-order valence-electron chi connectivity index (χ3n) is 4.17. The molecule has 1 unspecified atom stereocenters. The van der Waals surface area contributed by atoms with E-state index in [4.69, 9.17) is 0 Å². The molecule has 0 bridgehead atoms. The van der Waals surface area contributed by atoms with Gasteiger partial charge in [0, 0.05) is 25.1 Å². The molecule has 1 aliphatic heterocycles. The van der Waals surface area contributed by atoms with Crippen LogP contribution in [0.5, 0.6) is 0 Å². The Morgan fingerprint density at radius 3 is 2.89 bits per heavy atom. The van der Waals surface area contributed by atoms with Gasteiger partial charge in [-0.3, -0.25) is 4.79 Å². The number of rotatable bonds is 6. The molecular formula is C17H25NO. The standard InChI is InChI=1S/C17H25NO/c1-3-6-15-9-11-18(13-15)12-10-17(19)16-8-5-4-7-14(16)2/h4-5,7-8,15H,3,6,9-13H2,1-2H3. The first-order chi connectivity index (χ1) is 9.20. The summed E-state index contributed by atoms with van der Waals surface area (Å²) in [5.41, 5.74) is 1.99. The molecule has 1 aliphatic rings. The molecule has 2 nitrogen and oxygen atoms in total. The van der Waals surface area contributed by atoms with Gasteiger partial charge in [-0.1, -0.05) is 37.6 Å². The van der Waals surface area contributed by atoms with Gasteiger partial charge >= 0.3 is 0 Å². The summed E-state index contributed by atoms with van der Waals surface area (Å²) >= 11 is 0. The van der Waals surface area contributed by atoms with Crippen LogP contribution in [0, 0.1) is 12.8 Å². The second-order valence-corrected chi connectivity index (χ2v) is 5.73. The van der Waals surface area contributed by atoms with E-state index >= 15 is 0 Å². The van der Waals surface area contributed by atoms with E-state index in [0.717, 1.165) is 23.6 Å². The largest absolute Gasteiger partial charge is 0.303 e. The molecule has 0 aliphatic carbocycles. The molecule has 0 saturated carbocycles. The fraction of sp³-hybridized carbons (Fsp3) is 0.588. The predicted molar refractivity (Wildman–Crippen MR) is 79.6 cm³/mol. The first-order valence-electron chi connectivity index (χ1n) is 7.52. The molecule has 1 aromatic rings. The van der Waals surface area contributed by atoms with Crippen molar-refractivity contribution in [2.45, 2.75) is 39.5 Å². The lowest BCUT2D eigenvalue weighted by Gasteiger charge is -2.15. The molecule has 1 saturated heterocycles. The predicted octanol–water partition coefficient (Wildman–Crippen LogP) is 3.69. The third-order valence-corrected chi connectivity index (χ3v) is 4.17. The maximum atomic E-state index is 12.2. The Morgan fingerprint density at radius 2 is 2.16 bits per heavy atom. The minimum atomic E-state index is 0.289. The molecular weight excluding hydrogens is 234 g/mol. The Kier molecular flexibility index (Phi) is 5.15. The highest BCUT2D eigenvalue weighted by molar-refractivity contribution is 5.97. The fourth-order valence-corrected chi connectivity index (χ4v) is 3.04. The highest BCUT2D eigenvalue weighted by atomic mass is 16.1. The van der Waals surface area contributed by atoms with Crippen LogP contribution in [0.2, 0.25) is 0 Å². The minimum absolute atomic E-state index is 0.289. The molecule has 0 aromatic heterocycles. The van der Waals surface area contributed by atoms with Gasteiger partial charge < -0.3 is 4.90 Å². The molecule has 0 spiro atoms. The number of carbonyl (C=O) groups excluding carboxylic acids is 1. The van der Waals surface area contributed by atoms with Gasteiger partial charge in [-0.25, -0.2) is 0 Å². The van der Waals surface area contributed by atoms with E-state index in [-0.39, 0.29) is 5.78 Å². The Labute approximate surface area is 116 Å². The lowest BCUT2D eigenvalue weighted by atomic mass is 10.0. The summed E-state index contributed by atoms with van der Waals surface area (Å²) in [6, 6.07) is 7.90. The third kappa shape index (κ3) is 3.90. The topological polar surface area (TPSA) is 20.3 Å². The number of Topliss-reactive ketones (excluding diaryl/α,β-unsaturated/α-hetero) is 1. The van der Waals surface area contributed by atoms with Crippen LogP contribution in [0.3, 0.4) is 0 Å². The van der Waals surface area contributed by atoms with Crippen LogP contribution in [0.15, 0.2) is 24.3 Å². The molecule has 1 atom stereocenters. The Balaban J connectivity index is 1.80. The molecule has 1 aromatic carbocycles. The molecule has 2 heteroatoms. The molecule has 0 amide bonds. The van der Waals surface area contributed by atoms with Crippen molar-refractivity contribution in [1.82, 2.24) is 4.90 Å². The maximum Gasteiger partial charge on any atom is 0.164 e. The summed E-state index contributed by atoms with van der Waals surface area (Å²) < 4.78 is 0. The zero-order valence-electron chi connectivity index (χ0n) is 12.2. The fourth-order valence-electron chi connectivity index (χ4n) is 3.04. The summed E-state index contributed by atoms with van der Waals surface area (Å²) in [5, 5.41) is 0.